The summed E-state index contributed by atoms with van der Waals surface area (Å²) in [7, 11) is 0. The van der Waals surface area contributed by atoms with E-state index in [1.807, 2.05) is 19.9 Å². The average Bonchev–Trinajstić information content (AvgIpc) is 2.41. The van der Waals surface area contributed by atoms with E-state index in [0.717, 1.165) is 11.3 Å². The molecule has 0 unspecified atom stereocenters. The van der Waals surface area contributed by atoms with E-state index in [9.17, 15) is 9.90 Å². The zero-order valence-corrected chi connectivity index (χ0v) is 11.6. The van der Waals surface area contributed by atoms with Crippen molar-refractivity contribution >= 4 is 17.3 Å². The highest BCUT2D eigenvalue weighted by molar-refractivity contribution is 6.07. The van der Waals surface area contributed by atoms with E-state index in [2.05, 4.69) is 0 Å². The van der Waals surface area contributed by atoms with Gasteiger partial charge in [-0.1, -0.05) is 6.07 Å². The van der Waals surface area contributed by atoms with Gasteiger partial charge in [0.05, 0.1) is 5.56 Å². The van der Waals surface area contributed by atoms with Gasteiger partial charge >= 0.3 is 0 Å². The molecule has 0 saturated heterocycles. The zero-order chi connectivity index (χ0) is 14.7. The predicted molar refractivity (Wildman–Crippen MR) is 81.0 cm³/mol. The number of anilines is 2. The number of nitrogens with zero attached hydrogens (tertiary/aromatic N) is 1. The average molecular weight is 270 g/mol. The maximum atomic E-state index is 12.5. The minimum absolute atomic E-state index is 0.00361. The van der Waals surface area contributed by atoms with Crippen LogP contribution in [0.1, 0.15) is 22.8 Å². The molecule has 4 heteroatoms. The number of phenols is 1. The largest absolute Gasteiger partial charge is 0.507 e. The lowest BCUT2D eigenvalue weighted by Gasteiger charge is -2.21. The molecule has 4 nitrogen and oxygen atoms in total. The Labute approximate surface area is 118 Å². The topological polar surface area (TPSA) is 66.6 Å². The van der Waals surface area contributed by atoms with Crippen LogP contribution in [-0.4, -0.2) is 17.6 Å². The SMILES string of the molecule is CCN(C(=O)c1ccc(C)cc1O)c1ccc(N)cc1. The van der Waals surface area contributed by atoms with E-state index >= 15 is 0 Å². The number of nitrogen functional groups attached to an aromatic ring is 1. The fourth-order valence-corrected chi connectivity index (χ4v) is 2.07. The Morgan fingerprint density at radius 3 is 2.40 bits per heavy atom. The number of aryl methyl sites for hydroxylation is 1. The lowest BCUT2D eigenvalue weighted by molar-refractivity contribution is 0.0986. The van der Waals surface area contributed by atoms with E-state index in [1.54, 1.807) is 41.3 Å². The number of rotatable bonds is 3. The Balaban J connectivity index is 2.36. The zero-order valence-electron chi connectivity index (χ0n) is 11.6. The van der Waals surface area contributed by atoms with Crippen LogP contribution >= 0.6 is 0 Å². The first-order valence-corrected chi connectivity index (χ1v) is 6.50. The molecule has 0 spiro atoms. The normalized spacial score (nSPS) is 10.3. The fraction of sp³-hybridized carbons (Fsp3) is 0.188. The second-order valence-corrected chi connectivity index (χ2v) is 4.66. The van der Waals surface area contributed by atoms with Gasteiger partial charge in [0.25, 0.3) is 5.91 Å². The number of aromatic hydroxyl groups is 1. The third-order valence-corrected chi connectivity index (χ3v) is 3.15. The molecule has 0 aromatic heterocycles. The van der Waals surface area contributed by atoms with Crippen LogP contribution in [0.4, 0.5) is 11.4 Å². The molecule has 0 heterocycles. The molecular weight excluding hydrogens is 252 g/mol. The number of hydrogen-bond donors (Lipinski definition) is 2. The van der Waals surface area contributed by atoms with Gasteiger partial charge in [-0.15, -0.1) is 0 Å². The fourth-order valence-electron chi connectivity index (χ4n) is 2.07. The third kappa shape index (κ3) is 2.74. The van der Waals surface area contributed by atoms with Crippen LogP contribution in [0.2, 0.25) is 0 Å². The number of amides is 1. The maximum absolute atomic E-state index is 12.5. The van der Waals surface area contributed by atoms with Gasteiger partial charge in [-0.3, -0.25) is 4.79 Å². The molecule has 20 heavy (non-hydrogen) atoms. The van der Waals surface area contributed by atoms with Gasteiger partial charge in [-0.05, 0) is 55.8 Å². The van der Waals surface area contributed by atoms with Gasteiger partial charge in [0.1, 0.15) is 5.75 Å². The van der Waals surface area contributed by atoms with Gasteiger partial charge in [-0.25, -0.2) is 0 Å². The van der Waals surface area contributed by atoms with Crippen LogP contribution in [-0.2, 0) is 0 Å². The molecule has 2 rings (SSSR count). The van der Waals surface area contributed by atoms with Gasteiger partial charge in [0.15, 0.2) is 0 Å². The minimum Gasteiger partial charge on any atom is -0.507 e. The Bertz CT molecular complexity index is 621. The first-order valence-electron chi connectivity index (χ1n) is 6.50. The predicted octanol–water partition coefficient (Wildman–Crippen LogP) is 2.95. The van der Waals surface area contributed by atoms with E-state index in [4.69, 9.17) is 5.73 Å². The first-order chi connectivity index (χ1) is 9.52. The van der Waals surface area contributed by atoms with Crippen LogP contribution in [0.3, 0.4) is 0 Å². The molecule has 1 amide bonds. The third-order valence-electron chi connectivity index (χ3n) is 3.15. The van der Waals surface area contributed by atoms with E-state index < -0.39 is 0 Å². The number of benzene rings is 2. The summed E-state index contributed by atoms with van der Waals surface area (Å²) in [5.74, 6) is -0.223. The van der Waals surface area contributed by atoms with Crippen molar-refractivity contribution in [3.63, 3.8) is 0 Å². The minimum atomic E-state index is -0.227. The molecule has 0 bridgehead atoms. The van der Waals surface area contributed by atoms with Crippen molar-refractivity contribution in [2.24, 2.45) is 0 Å². The molecule has 0 aliphatic rings. The molecule has 0 atom stereocenters. The summed E-state index contributed by atoms with van der Waals surface area (Å²) >= 11 is 0. The van der Waals surface area contributed by atoms with Crippen LogP contribution < -0.4 is 10.6 Å². The number of carbonyl (C=O) groups is 1. The van der Waals surface area contributed by atoms with E-state index in [1.165, 1.54) is 0 Å². The molecule has 2 aromatic carbocycles. The Morgan fingerprint density at radius 1 is 1.20 bits per heavy atom. The molecule has 0 radical (unpaired) electrons. The van der Waals surface area contributed by atoms with Crippen LogP contribution in [0.5, 0.6) is 5.75 Å². The number of carbonyl (C=O) groups excluding carboxylic acids is 1. The molecular formula is C16H18N2O2. The lowest BCUT2D eigenvalue weighted by atomic mass is 10.1. The number of hydrogen-bond acceptors (Lipinski definition) is 3. The van der Waals surface area contributed by atoms with Crippen LogP contribution in [0, 0.1) is 6.92 Å². The molecule has 3 N–H and O–H groups in total. The second kappa shape index (κ2) is 5.65. The summed E-state index contributed by atoms with van der Waals surface area (Å²) in [5, 5.41) is 9.93. The monoisotopic (exact) mass is 270 g/mol. The van der Waals surface area contributed by atoms with Crippen molar-refractivity contribution in [2.45, 2.75) is 13.8 Å². The van der Waals surface area contributed by atoms with E-state index in [0.29, 0.717) is 17.8 Å². The summed E-state index contributed by atoms with van der Waals surface area (Å²) in [6.07, 6.45) is 0. The summed E-state index contributed by atoms with van der Waals surface area (Å²) in [4.78, 5) is 14.1. The second-order valence-electron chi connectivity index (χ2n) is 4.66. The Kier molecular flexibility index (Phi) is 3.94. The van der Waals surface area contributed by atoms with Gasteiger partial charge < -0.3 is 15.7 Å². The van der Waals surface area contributed by atoms with Crippen LogP contribution in [0.25, 0.3) is 0 Å². The van der Waals surface area contributed by atoms with Crippen molar-refractivity contribution in [3.05, 3.63) is 53.6 Å². The van der Waals surface area contributed by atoms with Crippen molar-refractivity contribution in [3.8, 4) is 5.75 Å². The van der Waals surface area contributed by atoms with Crippen molar-refractivity contribution in [1.29, 1.82) is 0 Å². The quantitative estimate of drug-likeness (QED) is 0.843. The van der Waals surface area contributed by atoms with Crippen molar-refractivity contribution in [2.75, 3.05) is 17.2 Å². The summed E-state index contributed by atoms with van der Waals surface area (Å²) in [6, 6.07) is 12.1. The van der Waals surface area contributed by atoms with Gasteiger partial charge in [0.2, 0.25) is 0 Å². The highest BCUT2D eigenvalue weighted by Crippen LogP contribution is 2.24. The van der Waals surface area contributed by atoms with Crippen LogP contribution in [0.15, 0.2) is 42.5 Å². The number of nitrogens with two attached hydrogens (primary N) is 1. The van der Waals surface area contributed by atoms with Gasteiger partial charge in [0, 0.05) is 17.9 Å². The van der Waals surface area contributed by atoms with Gasteiger partial charge in [-0.2, -0.15) is 0 Å². The van der Waals surface area contributed by atoms with Crippen molar-refractivity contribution in [1.82, 2.24) is 0 Å². The molecule has 2 aromatic rings. The highest BCUT2D eigenvalue weighted by atomic mass is 16.3. The summed E-state index contributed by atoms with van der Waals surface area (Å²) in [6.45, 7) is 4.26. The Hall–Kier alpha value is -2.49. The number of phenolic OH excluding ortho intramolecular Hbond substituents is 1. The Morgan fingerprint density at radius 2 is 1.85 bits per heavy atom. The summed E-state index contributed by atoms with van der Waals surface area (Å²) in [5.41, 5.74) is 8.27. The first kappa shape index (κ1) is 13.9. The molecule has 0 fully saturated rings. The standard InChI is InChI=1S/C16H18N2O2/c1-3-18(13-7-5-12(17)6-8-13)16(20)14-9-4-11(2)10-15(14)19/h4-10,19H,3,17H2,1-2H3. The molecule has 0 aliphatic carbocycles. The maximum Gasteiger partial charge on any atom is 0.262 e. The molecule has 0 aliphatic heterocycles. The smallest absolute Gasteiger partial charge is 0.262 e. The molecule has 0 saturated carbocycles. The summed E-state index contributed by atoms with van der Waals surface area (Å²) < 4.78 is 0. The lowest BCUT2D eigenvalue weighted by Crippen LogP contribution is -2.30. The molecule has 104 valence electrons. The highest BCUT2D eigenvalue weighted by Gasteiger charge is 2.19. The van der Waals surface area contributed by atoms with E-state index in [-0.39, 0.29) is 11.7 Å². The van der Waals surface area contributed by atoms with Crippen molar-refractivity contribution < 1.29 is 9.90 Å².